The maximum atomic E-state index is 12.5. The van der Waals surface area contributed by atoms with Crippen molar-refractivity contribution >= 4 is 21.1 Å². The monoisotopic (exact) mass is 303 g/mol. The van der Waals surface area contributed by atoms with Crippen molar-refractivity contribution in [1.29, 1.82) is 0 Å². The molecule has 112 valence electrons. The van der Waals surface area contributed by atoms with Crippen molar-refractivity contribution in [2.24, 2.45) is 0 Å². The Hall–Kier alpha value is -0.940. The van der Waals surface area contributed by atoms with Crippen LogP contribution in [0.4, 0.5) is 13.2 Å². The summed E-state index contributed by atoms with van der Waals surface area (Å²) in [7, 11) is -1.74. The zero-order valence-electron chi connectivity index (χ0n) is 11.4. The van der Waals surface area contributed by atoms with Gasteiger partial charge in [-0.05, 0) is 37.1 Å². The smallest absolute Gasteiger partial charge is 0.268 e. The molecule has 1 aromatic carbocycles. The molecule has 1 N–H and O–H groups in total. The normalized spacial score (nSPS) is 18.1. The Bertz CT molecular complexity index is 537. The lowest BCUT2D eigenvalue weighted by Crippen LogP contribution is -2.28. The zero-order valence-corrected chi connectivity index (χ0v) is 12.2. The van der Waals surface area contributed by atoms with E-state index in [0.717, 1.165) is 29.9 Å². The molecule has 2 rings (SSSR count). The van der Waals surface area contributed by atoms with Crippen molar-refractivity contribution < 1.29 is 13.2 Å². The van der Waals surface area contributed by atoms with Gasteiger partial charge in [-0.3, -0.25) is 4.72 Å². The van der Waals surface area contributed by atoms with Gasteiger partial charge in [0.2, 0.25) is 0 Å². The lowest BCUT2D eigenvalue weighted by atomic mass is 9.96. The van der Waals surface area contributed by atoms with E-state index < -0.39 is 21.1 Å². The van der Waals surface area contributed by atoms with Crippen LogP contribution in [0.15, 0.2) is 29.2 Å². The quantitative estimate of drug-likeness (QED) is 0.807. The second-order valence-corrected chi connectivity index (χ2v) is 7.83. The van der Waals surface area contributed by atoms with Crippen LogP contribution in [0.1, 0.15) is 37.7 Å². The fourth-order valence-corrected chi connectivity index (χ4v) is 4.18. The molecule has 0 unspecified atom stereocenters. The number of hydrogen-bond acceptors (Lipinski definition) is 1. The SMILES string of the molecule is C=S(=C)(NC1CCCCC1)c1ccc(C(F)(F)F)cc1. The Labute approximate surface area is 118 Å². The van der Waals surface area contributed by atoms with Crippen LogP contribution >= 0.6 is 9.39 Å². The van der Waals surface area contributed by atoms with Crippen LogP contribution in [0.3, 0.4) is 0 Å². The molecule has 1 aliphatic carbocycles. The predicted molar refractivity (Wildman–Crippen MR) is 81.6 cm³/mol. The van der Waals surface area contributed by atoms with Gasteiger partial charge in [-0.2, -0.15) is 13.2 Å². The Kier molecular flexibility index (Phi) is 4.49. The average Bonchev–Trinajstić information content (AvgIpc) is 2.38. The van der Waals surface area contributed by atoms with Crippen molar-refractivity contribution in [2.45, 2.75) is 49.2 Å². The molecule has 0 atom stereocenters. The van der Waals surface area contributed by atoms with Gasteiger partial charge in [0.1, 0.15) is 0 Å². The van der Waals surface area contributed by atoms with E-state index in [-0.39, 0.29) is 0 Å². The molecule has 1 aromatic rings. The van der Waals surface area contributed by atoms with E-state index in [2.05, 4.69) is 16.5 Å². The summed E-state index contributed by atoms with van der Waals surface area (Å²) in [5.74, 6) is 8.21. The minimum Gasteiger partial charge on any atom is -0.268 e. The van der Waals surface area contributed by atoms with Crippen LogP contribution in [0.5, 0.6) is 0 Å². The number of alkyl halides is 3. The standard InChI is InChI=1S/C15H20F3NS/c1-20(2,19-13-6-4-3-5-7-13)14-10-8-12(9-11-14)15(16,17)18/h8-11,13,19H,1-7H2. The van der Waals surface area contributed by atoms with Crippen LogP contribution < -0.4 is 4.72 Å². The van der Waals surface area contributed by atoms with Crippen LogP contribution in [0.25, 0.3) is 0 Å². The topological polar surface area (TPSA) is 12.0 Å². The van der Waals surface area contributed by atoms with Gasteiger partial charge in [0, 0.05) is 10.9 Å². The first-order chi connectivity index (χ1) is 9.29. The van der Waals surface area contributed by atoms with Crippen LogP contribution in [0.2, 0.25) is 0 Å². The summed E-state index contributed by atoms with van der Waals surface area (Å²) in [5, 5.41) is 0. The van der Waals surface area contributed by atoms with Gasteiger partial charge in [0.05, 0.1) is 5.56 Å². The van der Waals surface area contributed by atoms with E-state index in [0.29, 0.717) is 6.04 Å². The summed E-state index contributed by atoms with van der Waals surface area (Å²) in [4.78, 5) is 0.760. The third-order valence-corrected chi connectivity index (χ3v) is 5.59. The predicted octanol–water partition coefficient (Wildman–Crippen LogP) is 4.57. The fraction of sp³-hybridized carbons (Fsp3) is 0.467. The van der Waals surface area contributed by atoms with Gasteiger partial charge in [-0.15, -0.1) is 9.39 Å². The summed E-state index contributed by atoms with van der Waals surface area (Å²) < 4.78 is 41.1. The van der Waals surface area contributed by atoms with Gasteiger partial charge >= 0.3 is 6.18 Å². The van der Waals surface area contributed by atoms with Crippen molar-refractivity contribution in [3.63, 3.8) is 0 Å². The largest absolute Gasteiger partial charge is 0.416 e. The summed E-state index contributed by atoms with van der Waals surface area (Å²) in [5.41, 5.74) is -0.630. The average molecular weight is 303 g/mol. The first kappa shape index (κ1) is 15.4. The molecule has 0 bridgehead atoms. The Morgan fingerprint density at radius 3 is 2.05 bits per heavy atom. The number of halogens is 3. The van der Waals surface area contributed by atoms with Crippen LogP contribution in [-0.2, 0) is 6.18 Å². The highest BCUT2D eigenvalue weighted by atomic mass is 32.2. The highest BCUT2D eigenvalue weighted by Gasteiger charge is 2.30. The highest BCUT2D eigenvalue weighted by molar-refractivity contribution is 8.26. The molecule has 1 aliphatic rings. The Balaban J connectivity index is 2.13. The second-order valence-electron chi connectivity index (χ2n) is 5.36. The van der Waals surface area contributed by atoms with Gasteiger partial charge < -0.3 is 0 Å². The third kappa shape index (κ3) is 3.79. The third-order valence-electron chi connectivity index (χ3n) is 3.63. The first-order valence-corrected chi connectivity index (χ1v) is 8.70. The second kappa shape index (κ2) is 5.82. The van der Waals surface area contributed by atoms with E-state index in [1.807, 2.05) is 0 Å². The molecular formula is C15H20F3NS. The number of rotatable bonds is 3. The minimum atomic E-state index is -4.30. The Morgan fingerprint density at radius 1 is 1.00 bits per heavy atom. The fourth-order valence-electron chi connectivity index (χ4n) is 2.51. The van der Waals surface area contributed by atoms with E-state index in [1.165, 1.54) is 31.4 Å². The molecule has 0 saturated heterocycles. The molecule has 1 fully saturated rings. The minimum absolute atomic E-state index is 0.385. The van der Waals surface area contributed by atoms with Gasteiger partial charge in [0.15, 0.2) is 0 Å². The maximum absolute atomic E-state index is 12.5. The zero-order chi connectivity index (χ0) is 14.8. The van der Waals surface area contributed by atoms with E-state index in [9.17, 15) is 13.2 Å². The number of hydrogen-bond donors (Lipinski definition) is 1. The molecule has 20 heavy (non-hydrogen) atoms. The molecule has 0 amide bonds. The molecule has 1 nitrogen and oxygen atoms in total. The number of benzene rings is 1. The summed E-state index contributed by atoms with van der Waals surface area (Å²) in [6.45, 7) is 0. The molecule has 5 heteroatoms. The Morgan fingerprint density at radius 2 is 1.55 bits per heavy atom. The van der Waals surface area contributed by atoms with Gasteiger partial charge in [-0.25, -0.2) is 0 Å². The molecule has 0 aromatic heterocycles. The summed E-state index contributed by atoms with van der Waals surface area (Å²) in [6.07, 6.45) is 1.55. The maximum Gasteiger partial charge on any atom is 0.416 e. The lowest BCUT2D eigenvalue weighted by Gasteiger charge is -2.28. The van der Waals surface area contributed by atoms with Crippen molar-refractivity contribution in [1.82, 2.24) is 4.72 Å². The van der Waals surface area contributed by atoms with Crippen LogP contribution in [0, 0.1) is 0 Å². The number of nitrogens with one attached hydrogen (secondary N) is 1. The van der Waals surface area contributed by atoms with E-state index in [1.54, 1.807) is 0 Å². The molecule has 0 radical (unpaired) electrons. The first-order valence-electron chi connectivity index (χ1n) is 6.73. The highest BCUT2D eigenvalue weighted by Crippen LogP contribution is 2.34. The molecule has 1 saturated carbocycles. The van der Waals surface area contributed by atoms with Crippen LogP contribution in [-0.4, -0.2) is 17.8 Å². The van der Waals surface area contributed by atoms with Crippen molar-refractivity contribution in [2.75, 3.05) is 0 Å². The van der Waals surface area contributed by atoms with E-state index >= 15 is 0 Å². The molecule has 0 heterocycles. The lowest BCUT2D eigenvalue weighted by molar-refractivity contribution is -0.137. The van der Waals surface area contributed by atoms with Crippen molar-refractivity contribution in [3.8, 4) is 0 Å². The van der Waals surface area contributed by atoms with E-state index in [4.69, 9.17) is 0 Å². The van der Waals surface area contributed by atoms with Crippen molar-refractivity contribution in [3.05, 3.63) is 29.8 Å². The van der Waals surface area contributed by atoms with Gasteiger partial charge in [0.25, 0.3) is 0 Å². The van der Waals surface area contributed by atoms with Gasteiger partial charge in [-0.1, -0.05) is 31.0 Å². The molecule has 0 aliphatic heterocycles. The molecule has 0 spiro atoms. The summed E-state index contributed by atoms with van der Waals surface area (Å²) >= 11 is 0. The summed E-state index contributed by atoms with van der Waals surface area (Å²) in [6, 6.07) is 5.59. The molecular weight excluding hydrogens is 283 g/mol.